The van der Waals surface area contributed by atoms with Crippen LogP contribution in [-0.4, -0.2) is 86.0 Å². The first-order valence-corrected chi connectivity index (χ1v) is 20.0. The van der Waals surface area contributed by atoms with Crippen molar-refractivity contribution in [1.29, 1.82) is 0 Å². The Hall–Kier alpha value is -5.98. The number of hydrogen-bond acceptors (Lipinski definition) is 12. The maximum absolute atomic E-state index is 14.8. The van der Waals surface area contributed by atoms with Gasteiger partial charge in [-0.15, -0.1) is 0 Å². The smallest absolute Gasteiger partial charge is 0.393 e. The van der Waals surface area contributed by atoms with Gasteiger partial charge in [0.2, 0.25) is 17.8 Å². The first-order chi connectivity index (χ1) is 28.5. The number of nitrogens with one attached hydrogen (secondary N) is 4. The summed E-state index contributed by atoms with van der Waals surface area (Å²) in [5.41, 5.74) is 1.58. The van der Waals surface area contributed by atoms with Crippen LogP contribution >= 0.6 is 11.6 Å². The fourth-order valence-electron chi connectivity index (χ4n) is 8.68. The van der Waals surface area contributed by atoms with Crippen LogP contribution in [0, 0.1) is 11.3 Å². The number of carbonyl (C=O) groups excluding carboxylic acids is 3. The lowest BCUT2D eigenvalue weighted by Crippen LogP contribution is -2.62. The SMILES string of the molecule is CNC(=O)COc1cc2cc(Nc3nc(N4CC5(CCC(Nc6ccc7c(C8CCC(=O)NC8=O)nn(C)c7c6)C(C(F)(F)F)C5)C4)ncc3Cl)cnc2n(C(C)C)c1=O. The number of carbonyl (C=O) groups is 3. The summed E-state index contributed by atoms with van der Waals surface area (Å²) in [4.78, 5) is 64.7. The zero-order valence-electron chi connectivity index (χ0n) is 33.2. The number of alkyl halides is 3. The lowest BCUT2D eigenvalue weighted by molar-refractivity contribution is -0.196. The first-order valence-electron chi connectivity index (χ1n) is 19.6. The number of likely N-dealkylation sites (N-methyl/N-ethyl adjacent to an activating group) is 1. The van der Waals surface area contributed by atoms with Crippen molar-refractivity contribution < 1.29 is 32.3 Å². The third-order valence-electron chi connectivity index (χ3n) is 11.7. The van der Waals surface area contributed by atoms with E-state index in [-0.39, 0.29) is 54.4 Å². The van der Waals surface area contributed by atoms with Gasteiger partial charge in [-0.3, -0.25) is 33.7 Å². The van der Waals surface area contributed by atoms with Crippen LogP contribution in [0.1, 0.15) is 63.6 Å². The summed E-state index contributed by atoms with van der Waals surface area (Å²) < 4.78 is 53.0. The molecule has 5 aromatic rings. The zero-order valence-corrected chi connectivity index (χ0v) is 33.9. The van der Waals surface area contributed by atoms with Gasteiger partial charge in [0.15, 0.2) is 18.2 Å². The molecule has 3 unspecified atom stereocenters. The molecule has 1 spiro atoms. The molecule has 8 rings (SSSR count). The van der Waals surface area contributed by atoms with Crippen LogP contribution in [0.15, 0.2) is 47.5 Å². The molecule has 6 heterocycles. The molecular formula is C40H43ClF3N11O5. The highest BCUT2D eigenvalue weighted by Gasteiger charge is 2.56. The maximum Gasteiger partial charge on any atom is 0.393 e. The van der Waals surface area contributed by atoms with Crippen LogP contribution in [0.2, 0.25) is 5.02 Å². The van der Waals surface area contributed by atoms with E-state index in [1.807, 2.05) is 18.7 Å². The monoisotopic (exact) mass is 849 g/mol. The summed E-state index contributed by atoms with van der Waals surface area (Å²) in [6.07, 6.45) is -0.189. The highest BCUT2D eigenvalue weighted by atomic mass is 35.5. The third-order valence-corrected chi connectivity index (χ3v) is 11.9. The molecular weight excluding hydrogens is 807 g/mol. The Bertz CT molecular complexity index is 2590. The number of rotatable bonds is 10. The highest BCUT2D eigenvalue weighted by molar-refractivity contribution is 6.33. The van der Waals surface area contributed by atoms with Gasteiger partial charge in [-0.25, -0.2) is 9.97 Å². The van der Waals surface area contributed by atoms with E-state index in [2.05, 4.69) is 41.3 Å². The summed E-state index contributed by atoms with van der Waals surface area (Å²) in [5, 5.41) is 17.2. The number of hydrogen-bond donors (Lipinski definition) is 4. The molecule has 2 aliphatic heterocycles. The molecule has 1 aliphatic carbocycles. The Balaban J connectivity index is 0.958. The first kappa shape index (κ1) is 40.8. The minimum Gasteiger partial charge on any atom is -0.478 e. The summed E-state index contributed by atoms with van der Waals surface area (Å²) in [6.45, 7) is 3.99. The van der Waals surface area contributed by atoms with Crippen LogP contribution in [0.4, 0.5) is 36.3 Å². The van der Waals surface area contributed by atoms with E-state index >= 15 is 0 Å². The average molecular weight is 850 g/mol. The van der Waals surface area contributed by atoms with E-state index in [9.17, 15) is 32.3 Å². The topological polar surface area (TPSA) is 190 Å². The quantitative estimate of drug-likeness (QED) is 0.132. The zero-order chi connectivity index (χ0) is 42.7. The van der Waals surface area contributed by atoms with Crippen molar-refractivity contribution in [3.8, 4) is 5.75 Å². The van der Waals surface area contributed by atoms with Crippen molar-refractivity contribution in [1.82, 2.24) is 39.9 Å². The molecule has 60 heavy (non-hydrogen) atoms. The number of piperidine rings is 1. The number of pyridine rings is 2. The van der Waals surface area contributed by atoms with Crippen molar-refractivity contribution in [2.24, 2.45) is 18.4 Å². The van der Waals surface area contributed by atoms with Gasteiger partial charge in [-0.2, -0.15) is 23.3 Å². The molecule has 0 radical (unpaired) electrons. The van der Waals surface area contributed by atoms with E-state index in [4.69, 9.17) is 16.3 Å². The van der Waals surface area contributed by atoms with E-state index in [1.54, 1.807) is 36.0 Å². The Morgan fingerprint density at radius 2 is 1.87 bits per heavy atom. The predicted molar refractivity (Wildman–Crippen MR) is 218 cm³/mol. The number of halogens is 4. The number of imide groups is 1. The van der Waals surface area contributed by atoms with Gasteiger partial charge >= 0.3 is 6.18 Å². The largest absolute Gasteiger partial charge is 0.478 e. The van der Waals surface area contributed by atoms with Gasteiger partial charge in [-0.1, -0.05) is 11.6 Å². The average Bonchev–Trinajstić information content (AvgIpc) is 3.51. The Labute approximate surface area is 346 Å². The summed E-state index contributed by atoms with van der Waals surface area (Å²) in [6, 6.07) is 7.36. The number of amides is 3. The summed E-state index contributed by atoms with van der Waals surface area (Å²) in [5.74, 6) is -2.78. The number of ether oxygens (including phenoxy) is 1. The van der Waals surface area contributed by atoms with Gasteiger partial charge < -0.3 is 25.6 Å². The molecule has 2 saturated heterocycles. The van der Waals surface area contributed by atoms with Crippen LogP contribution < -0.4 is 36.5 Å². The van der Waals surface area contributed by atoms with Gasteiger partial charge in [0.25, 0.3) is 11.5 Å². The number of aryl methyl sites for hydroxylation is 1. The lowest BCUT2D eigenvalue weighted by atomic mass is 9.63. The number of aromatic nitrogens is 6. The highest BCUT2D eigenvalue weighted by Crippen LogP contribution is 2.52. The molecule has 3 atom stereocenters. The Morgan fingerprint density at radius 1 is 1.08 bits per heavy atom. The van der Waals surface area contributed by atoms with E-state index in [1.165, 1.54) is 30.1 Å². The van der Waals surface area contributed by atoms with E-state index in [0.717, 1.165) is 0 Å². The van der Waals surface area contributed by atoms with Crippen LogP contribution in [0.25, 0.3) is 21.9 Å². The molecule has 3 aliphatic rings. The van der Waals surface area contributed by atoms with Crippen LogP contribution in [0.3, 0.4) is 0 Å². The van der Waals surface area contributed by atoms with Gasteiger partial charge in [0.1, 0.15) is 10.7 Å². The van der Waals surface area contributed by atoms with Gasteiger partial charge in [0, 0.05) is 67.6 Å². The van der Waals surface area contributed by atoms with E-state index < -0.39 is 46.8 Å². The molecule has 3 amide bonds. The Morgan fingerprint density at radius 3 is 2.58 bits per heavy atom. The van der Waals surface area contributed by atoms with Crippen LogP contribution in [0.5, 0.6) is 5.75 Å². The van der Waals surface area contributed by atoms with Crippen molar-refractivity contribution in [3.05, 3.63) is 63.8 Å². The fourth-order valence-corrected chi connectivity index (χ4v) is 8.82. The van der Waals surface area contributed by atoms with E-state index in [0.29, 0.717) is 70.9 Å². The lowest BCUT2D eigenvalue weighted by Gasteiger charge is -2.55. The Kier molecular flexibility index (Phi) is 10.6. The standard InChI is InChI=1S/C40H43ClF3N11O5/c1-20(2)55-35-21(12-30(37(55)59)60-17-32(57)45-3)11-23(15-46-35)49-34-27(41)16-47-38(51-34)54-18-39(19-54)10-9-28(26(14-39)40(42,43)44)48-22-5-6-24-29(13-22)53(4)52-33(24)25-7-8-31(56)50-36(25)58/h5-6,11-13,15-16,20,25-26,28,48H,7-10,14,17-19H2,1-4H3,(H,45,57)(H,47,49,51)(H,50,56,58). The molecule has 4 aromatic heterocycles. The second-order valence-electron chi connectivity index (χ2n) is 16.1. The molecule has 16 nitrogen and oxygen atoms in total. The fraction of sp³-hybridized carbons (Fsp3) is 0.450. The second-order valence-corrected chi connectivity index (χ2v) is 16.5. The van der Waals surface area contributed by atoms with Crippen LogP contribution in [-0.2, 0) is 21.4 Å². The summed E-state index contributed by atoms with van der Waals surface area (Å²) in [7, 11) is 3.18. The van der Waals surface area contributed by atoms with Gasteiger partial charge in [0.05, 0.1) is 41.1 Å². The minimum absolute atomic E-state index is 0.0151. The minimum atomic E-state index is -4.45. The third kappa shape index (κ3) is 7.77. The van der Waals surface area contributed by atoms with Crippen molar-refractivity contribution >= 4 is 74.4 Å². The van der Waals surface area contributed by atoms with Gasteiger partial charge in [-0.05, 0) is 69.9 Å². The van der Waals surface area contributed by atoms with Crippen molar-refractivity contribution in [3.63, 3.8) is 0 Å². The second kappa shape index (κ2) is 15.6. The molecule has 3 fully saturated rings. The number of nitrogens with zero attached hydrogens (tertiary/aromatic N) is 7. The molecule has 1 saturated carbocycles. The normalized spacial score (nSPS) is 20.4. The van der Waals surface area contributed by atoms with Crippen molar-refractivity contribution in [2.45, 2.75) is 70.1 Å². The predicted octanol–water partition coefficient (Wildman–Crippen LogP) is 5.35. The maximum atomic E-state index is 14.8. The number of anilines is 4. The molecule has 0 bridgehead atoms. The molecule has 316 valence electrons. The van der Waals surface area contributed by atoms with Crippen molar-refractivity contribution in [2.75, 3.05) is 42.3 Å². The summed E-state index contributed by atoms with van der Waals surface area (Å²) >= 11 is 6.52. The molecule has 1 aromatic carbocycles. The molecule has 4 N–H and O–H groups in total. The number of benzene rings is 1. The number of fused-ring (bicyclic) bond motifs is 2. The molecule has 20 heteroatoms.